The summed E-state index contributed by atoms with van der Waals surface area (Å²) in [5, 5.41) is 7.72. The first-order chi connectivity index (χ1) is 4.41. The topological polar surface area (TPSA) is 47.9 Å². The summed E-state index contributed by atoms with van der Waals surface area (Å²) in [6.45, 7) is 2.36. The Hall–Kier alpha value is -0.160. The third kappa shape index (κ3) is 7.84. The first-order valence-corrected chi connectivity index (χ1v) is 2.92. The molecular weight excluding hydrogens is 124 g/mol. The molecule has 0 aliphatic rings. The zero-order valence-corrected chi connectivity index (χ0v) is 5.50. The molecule has 4 nitrogen and oxygen atoms in total. The van der Waals surface area contributed by atoms with Crippen molar-refractivity contribution in [2.75, 3.05) is 13.4 Å². The molecule has 0 aromatic carbocycles. The standard InChI is InChI=1S/C5H12O4/c1-2-3-4-8-9-5-7-6/h6H,2-5H2,1H3. The van der Waals surface area contributed by atoms with E-state index in [4.69, 9.17) is 5.26 Å². The van der Waals surface area contributed by atoms with Crippen molar-refractivity contribution in [3.05, 3.63) is 0 Å². The Morgan fingerprint density at radius 3 is 2.67 bits per heavy atom. The Bertz CT molecular complexity index is 42.2. The molecule has 0 heterocycles. The SMILES string of the molecule is CCCCOOCOO. The van der Waals surface area contributed by atoms with Gasteiger partial charge in [-0.05, 0) is 6.42 Å². The van der Waals surface area contributed by atoms with Crippen molar-refractivity contribution in [3.63, 3.8) is 0 Å². The second-order valence-corrected chi connectivity index (χ2v) is 1.54. The van der Waals surface area contributed by atoms with Crippen LogP contribution in [0, 0.1) is 0 Å². The lowest BCUT2D eigenvalue weighted by Gasteiger charge is -1.98. The van der Waals surface area contributed by atoms with Crippen LogP contribution in [0.3, 0.4) is 0 Å². The third-order valence-electron chi connectivity index (χ3n) is 0.765. The highest BCUT2D eigenvalue weighted by Crippen LogP contribution is 1.87. The van der Waals surface area contributed by atoms with Gasteiger partial charge in [-0.1, -0.05) is 13.3 Å². The quantitative estimate of drug-likeness (QED) is 0.258. The van der Waals surface area contributed by atoms with E-state index in [-0.39, 0.29) is 6.79 Å². The van der Waals surface area contributed by atoms with E-state index < -0.39 is 0 Å². The van der Waals surface area contributed by atoms with Gasteiger partial charge in [0.2, 0.25) is 6.79 Å². The normalized spacial score (nSPS) is 10.0. The average Bonchev–Trinajstić information content (AvgIpc) is 1.89. The van der Waals surface area contributed by atoms with E-state index in [0.29, 0.717) is 6.61 Å². The van der Waals surface area contributed by atoms with Gasteiger partial charge in [0, 0.05) is 0 Å². The van der Waals surface area contributed by atoms with Crippen LogP contribution >= 0.6 is 0 Å². The zero-order chi connectivity index (χ0) is 6.95. The first-order valence-electron chi connectivity index (χ1n) is 2.92. The van der Waals surface area contributed by atoms with Gasteiger partial charge in [-0.2, -0.15) is 0 Å². The highest BCUT2D eigenvalue weighted by Gasteiger charge is 1.85. The molecule has 9 heavy (non-hydrogen) atoms. The molecule has 0 aliphatic carbocycles. The molecule has 0 fully saturated rings. The molecule has 0 aromatic heterocycles. The Morgan fingerprint density at radius 1 is 1.33 bits per heavy atom. The van der Waals surface area contributed by atoms with Crippen LogP contribution in [0.4, 0.5) is 0 Å². The highest BCUT2D eigenvalue weighted by atomic mass is 17.3. The van der Waals surface area contributed by atoms with Crippen LogP contribution in [-0.2, 0) is 14.7 Å². The van der Waals surface area contributed by atoms with Gasteiger partial charge in [-0.3, -0.25) is 0 Å². The minimum Gasteiger partial charge on any atom is -0.249 e. The van der Waals surface area contributed by atoms with Gasteiger partial charge in [0.25, 0.3) is 0 Å². The molecule has 0 atom stereocenters. The van der Waals surface area contributed by atoms with Gasteiger partial charge in [-0.15, -0.1) is 0 Å². The average molecular weight is 136 g/mol. The lowest BCUT2D eigenvalue weighted by atomic mass is 10.4. The van der Waals surface area contributed by atoms with Crippen molar-refractivity contribution in [3.8, 4) is 0 Å². The molecule has 1 N–H and O–H groups in total. The zero-order valence-electron chi connectivity index (χ0n) is 5.50. The lowest BCUT2D eigenvalue weighted by Crippen LogP contribution is -1.99. The van der Waals surface area contributed by atoms with Gasteiger partial charge >= 0.3 is 0 Å². The maximum absolute atomic E-state index is 7.72. The monoisotopic (exact) mass is 136 g/mol. The third-order valence-corrected chi connectivity index (χ3v) is 0.765. The van der Waals surface area contributed by atoms with Gasteiger partial charge in [0.1, 0.15) is 0 Å². The minimum absolute atomic E-state index is 0.232. The molecule has 0 amide bonds. The summed E-state index contributed by atoms with van der Waals surface area (Å²) in [6, 6.07) is 0. The van der Waals surface area contributed by atoms with Crippen molar-refractivity contribution in [2.45, 2.75) is 19.8 Å². The van der Waals surface area contributed by atoms with Gasteiger partial charge in [-0.25, -0.2) is 19.9 Å². The summed E-state index contributed by atoms with van der Waals surface area (Å²) in [6.07, 6.45) is 2.01. The van der Waals surface area contributed by atoms with E-state index in [2.05, 4.69) is 14.7 Å². The minimum atomic E-state index is -0.232. The smallest absolute Gasteiger partial charge is 0.214 e. The van der Waals surface area contributed by atoms with Crippen LogP contribution in [-0.4, -0.2) is 18.7 Å². The van der Waals surface area contributed by atoms with Crippen molar-refractivity contribution in [1.29, 1.82) is 0 Å². The molecule has 0 rings (SSSR count). The fourth-order valence-corrected chi connectivity index (χ4v) is 0.318. The van der Waals surface area contributed by atoms with Gasteiger partial charge in [0.15, 0.2) is 0 Å². The summed E-state index contributed by atoms with van der Waals surface area (Å²) < 4.78 is 0. The fourth-order valence-electron chi connectivity index (χ4n) is 0.318. The highest BCUT2D eigenvalue weighted by molar-refractivity contribution is 4.25. The maximum Gasteiger partial charge on any atom is 0.214 e. The molecule has 0 aliphatic heterocycles. The summed E-state index contributed by atoms with van der Waals surface area (Å²) in [5.74, 6) is 0. The Balaban J connectivity index is 2.60. The lowest BCUT2D eigenvalue weighted by molar-refractivity contribution is -0.402. The van der Waals surface area contributed by atoms with Crippen LogP contribution in [0.15, 0.2) is 0 Å². The molecule has 0 unspecified atom stereocenters. The molecule has 0 spiro atoms. The first kappa shape index (κ1) is 8.84. The van der Waals surface area contributed by atoms with Crippen LogP contribution in [0.2, 0.25) is 0 Å². The maximum atomic E-state index is 7.72. The molecular formula is C5H12O4. The summed E-state index contributed by atoms with van der Waals surface area (Å²) in [5.41, 5.74) is 0. The van der Waals surface area contributed by atoms with E-state index in [9.17, 15) is 0 Å². The Labute approximate surface area is 54.2 Å². The molecule has 0 saturated heterocycles. The molecule has 4 heteroatoms. The molecule has 0 radical (unpaired) electrons. The Morgan fingerprint density at radius 2 is 2.11 bits per heavy atom. The predicted molar refractivity (Wildman–Crippen MR) is 30.5 cm³/mol. The summed E-state index contributed by atoms with van der Waals surface area (Å²) in [7, 11) is 0. The second kappa shape index (κ2) is 7.84. The van der Waals surface area contributed by atoms with Crippen LogP contribution in [0.5, 0.6) is 0 Å². The van der Waals surface area contributed by atoms with Crippen molar-refractivity contribution >= 4 is 0 Å². The van der Waals surface area contributed by atoms with Gasteiger partial charge < -0.3 is 0 Å². The number of hydrogen-bond donors (Lipinski definition) is 1. The number of hydrogen-bond acceptors (Lipinski definition) is 4. The van der Waals surface area contributed by atoms with Crippen molar-refractivity contribution in [1.82, 2.24) is 0 Å². The predicted octanol–water partition coefficient (Wildman–Crippen LogP) is 1.18. The molecule has 0 bridgehead atoms. The molecule has 56 valence electrons. The second-order valence-electron chi connectivity index (χ2n) is 1.54. The van der Waals surface area contributed by atoms with E-state index in [1.54, 1.807) is 0 Å². The van der Waals surface area contributed by atoms with Crippen molar-refractivity contribution < 1.29 is 19.9 Å². The van der Waals surface area contributed by atoms with E-state index in [0.717, 1.165) is 12.8 Å². The van der Waals surface area contributed by atoms with E-state index >= 15 is 0 Å². The molecule has 0 aromatic rings. The number of rotatable bonds is 6. The largest absolute Gasteiger partial charge is 0.249 e. The van der Waals surface area contributed by atoms with E-state index in [1.807, 2.05) is 6.92 Å². The van der Waals surface area contributed by atoms with Crippen LogP contribution < -0.4 is 0 Å². The van der Waals surface area contributed by atoms with Crippen LogP contribution in [0.25, 0.3) is 0 Å². The van der Waals surface area contributed by atoms with E-state index in [1.165, 1.54) is 0 Å². The Kier molecular flexibility index (Phi) is 7.70. The van der Waals surface area contributed by atoms with Crippen molar-refractivity contribution in [2.24, 2.45) is 0 Å². The summed E-state index contributed by atoms with van der Waals surface area (Å²) in [4.78, 5) is 12.4. The molecule has 0 saturated carbocycles. The number of unbranched alkanes of at least 4 members (excludes halogenated alkanes) is 1. The summed E-state index contributed by atoms with van der Waals surface area (Å²) >= 11 is 0. The van der Waals surface area contributed by atoms with Crippen LogP contribution in [0.1, 0.15) is 19.8 Å². The van der Waals surface area contributed by atoms with Gasteiger partial charge in [0.05, 0.1) is 6.61 Å². The fraction of sp³-hybridized carbons (Fsp3) is 1.00.